The first kappa shape index (κ1) is 13.5. The number of nitrogens with zero attached hydrogens (tertiary/aromatic N) is 3. The summed E-state index contributed by atoms with van der Waals surface area (Å²) < 4.78 is 2.00. The highest BCUT2D eigenvalue weighted by Crippen LogP contribution is 2.39. The molecule has 102 valence electrons. The van der Waals surface area contributed by atoms with Crippen LogP contribution in [0.5, 0.6) is 0 Å². The van der Waals surface area contributed by atoms with E-state index in [1.807, 2.05) is 11.6 Å². The van der Waals surface area contributed by atoms with Gasteiger partial charge in [-0.05, 0) is 37.5 Å². The highest BCUT2D eigenvalue weighted by atomic mass is 15.3. The van der Waals surface area contributed by atoms with Crippen LogP contribution in [0.1, 0.15) is 58.8 Å². The summed E-state index contributed by atoms with van der Waals surface area (Å²) in [5.41, 5.74) is 0.453. The molecule has 2 rings (SSSR count). The molecule has 1 fully saturated rings. The summed E-state index contributed by atoms with van der Waals surface area (Å²) in [4.78, 5) is 0. The maximum absolute atomic E-state index is 4.19. The van der Waals surface area contributed by atoms with Crippen LogP contribution in [0.4, 0.5) is 0 Å². The third-order valence-electron chi connectivity index (χ3n) is 4.01. The fourth-order valence-electron chi connectivity index (χ4n) is 3.59. The van der Waals surface area contributed by atoms with Crippen molar-refractivity contribution >= 4 is 0 Å². The van der Waals surface area contributed by atoms with E-state index in [-0.39, 0.29) is 6.04 Å². The van der Waals surface area contributed by atoms with Crippen LogP contribution in [-0.2, 0) is 7.05 Å². The molecule has 1 aliphatic rings. The average molecular weight is 250 g/mol. The van der Waals surface area contributed by atoms with Crippen LogP contribution in [0.3, 0.4) is 0 Å². The van der Waals surface area contributed by atoms with Crippen molar-refractivity contribution < 1.29 is 0 Å². The van der Waals surface area contributed by atoms with Crippen molar-refractivity contribution in [3.05, 3.63) is 12.2 Å². The van der Waals surface area contributed by atoms with Crippen molar-refractivity contribution in [2.75, 3.05) is 0 Å². The van der Waals surface area contributed by atoms with Gasteiger partial charge in [-0.25, -0.2) is 0 Å². The zero-order chi connectivity index (χ0) is 13.3. The van der Waals surface area contributed by atoms with Gasteiger partial charge in [0.15, 0.2) is 0 Å². The normalized spacial score (nSPS) is 29.2. The van der Waals surface area contributed by atoms with E-state index in [0.717, 1.165) is 11.7 Å². The highest BCUT2D eigenvalue weighted by Gasteiger charge is 2.32. The Morgan fingerprint density at radius 1 is 1.44 bits per heavy atom. The quantitative estimate of drug-likeness (QED) is 0.897. The Kier molecular flexibility index (Phi) is 3.76. The fourth-order valence-corrected chi connectivity index (χ4v) is 3.59. The van der Waals surface area contributed by atoms with E-state index >= 15 is 0 Å². The predicted molar refractivity (Wildman–Crippen MR) is 73.1 cm³/mol. The second-order valence-electron chi connectivity index (χ2n) is 6.80. The minimum atomic E-state index is 0.267. The minimum Gasteiger partial charge on any atom is -0.319 e. The maximum Gasteiger partial charge on any atom is 0.149 e. The van der Waals surface area contributed by atoms with Crippen molar-refractivity contribution in [3.8, 4) is 0 Å². The van der Waals surface area contributed by atoms with Crippen molar-refractivity contribution in [3.63, 3.8) is 0 Å². The van der Waals surface area contributed by atoms with Crippen molar-refractivity contribution in [1.82, 2.24) is 20.1 Å². The molecule has 1 heterocycles. The largest absolute Gasteiger partial charge is 0.319 e. The van der Waals surface area contributed by atoms with Gasteiger partial charge in [0, 0.05) is 13.1 Å². The van der Waals surface area contributed by atoms with Gasteiger partial charge < -0.3 is 9.88 Å². The van der Waals surface area contributed by atoms with Crippen LogP contribution in [0.25, 0.3) is 0 Å². The topological polar surface area (TPSA) is 42.7 Å². The molecule has 0 aliphatic heterocycles. The van der Waals surface area contributed by atoms with Gasteiger partial charge in [-0.3, -0.25) is 0 Å². The van der Waals surface area contributed by atoms with Crippen LogP contribution in [0, 0.1) is 11.3 Å². The molecule has 3 unspecified atom stereocenters. The van der Waals surface area contributed by atoms with Crippen LogP contribution in [-0.4, -0.2) is 20.8 Å². The third kappa shape index (κ3) is 3.10. The van der Waals surface area contributed by atoms with Crippen molar-refractivity contribution in [2.45, 2.75) is 59.0 Å². The van der Waals surface area contributed by atoms with Gasteiger partial charge in [0.05, 0.1) is 6.04 Å². The number of hydrogen-bond acceptors (Lipinski definition) is 3. The van der Waals surface area contributed by atoms with E-state index in [0.29, 0.717) is 11.5 Å². The van der Waals surface area contributed by atoms with E-state index in [2.05, 4.69) is 43.2 Å². The summed E-state index contributed by atoms with van der Waals surface area (Å²) in [7, 11) is 2.00. The highest BCUT2D eigenvalue weighted by molar-refractivity contribution is 4.95. The zero-order valence-corrected chi connectivity index (χ0v) is 12.3. The smallest absolute Gasteiger partial charge is 0.149 e. The Hall–Kier alpha value is -0.900. The summed E-state index contributed by atoms with van der Waals surface area (Å²) >= 11 is 0. The Bertz CT molecular complexity index is 396. The Balaban J connectivity index is 1.99. The number of nitrogens with one attached hydrogen (secondary N) is 1. The second-order valence-corrected chi connectivity index (χ2v) is 6.80. The minimum absolute atomic E-state index is 0.267. The van der Waals surface area contributed by atoms with Gasteiger partial charge in [0.1, 0.15) is 12.2 Å². The molecule has 1 N–H and O–H groups in total. The van der Waals surface area contributed by atoms with E-state index in [1.165, 1.54) is 19.3 Å². The molecule has 0 amide bonds. The molecule has 0 radical (unpaired) electrons. The maximum atomic E-state index is 4.19. The first-order valence-electron chi connectivity index (χ1n) is 6.97. The molecule has 1 aromatic heterocycles. The Labute approximate surface area is 110 Å². The summed E-state index contributed by atoms with van der Waals surface area (Å²) in [6.07, 6.45) is 5.62. The molecular formula is C14H26N4. The Morgan fingerprint density at radius 3 is 2.72 bits per heavy atom. The molecule has 0 aromatic carbocycles. The lowest BCUT2D eigenvalue weighted by Crippen LogP contribution is -2.41. The molecule has 1 saturated carbocycles. The lowest BCUT2D eigenvalue weighted by molar-refractivity contribution is 0.144. The number of aryl methyl sites for hydroxylation is 1. The van der Waals surface area contributed by atoms with E-state index in [9.17, 15) is 0 Å². The predicted octanol–water partition coefficient (Wildman–Crippen LogP) is 2.68. The molecule has 0 saturated heterocycles. The molecule has 18 heavy (non-hydrogen) atoms. The summed E-state index contributed by atoms with van der Waals surface area (Å²) in [6.45, 7) is 9.30. The average Bonchev–Trinajstić information content (AvgIpc) is 2.60. The SMILES string of the molecule is CC1CC(NC(C)c2nncn2C)CC(C)(C)C1. The number of rotatable bonds is 3. The van der Waals surface area contributed by atoms with Gasteiger partial charge in [-0.1, -0.05) is 20.8 Å². The fraction of sp³-hybridized carbons (Fsp3) is 0.857. The molecule has 0 spiro atoms. The van der Waals surface area contributed by atoms with Crippen LogP contribution in [0.2, 0.25) is 0 Å². The van der Waals surface area contributed by atoms with Crippen molar-refractivity contribution in [1.29, 1.82) is 0 Å². The van der Waals surface area contributed by atoms with Gasteiger partial charge >= 0.3 is 0 Å². The van der Waals surface area contributed by atoms with Crippen LogP contribution >= 0.6 is 0 Å². The number of hydrogen-bond donors (Lipinski definition) is 1. The molecular weight excluding hydrogens is 224 g/mol. The van der Waals surface area contributed by atoms with Gasteiger partial charge in [0.2, 0.25) is 0 Å². The second kappa shape index (κ2) is 5.00. The van der Waals surface area contributed by atoms with E-state index < -0.39 is 0 Å². The van der Waals surface area contributed by atoms with E-state index in [4.69, 9.17) is 0 Å². The molecule has 3 atom stereocenters. The molecule has 0 bridgehead atoms. The van der Waals surface area contributed by atoms with Gasteiger partial charge in [-0.2, -0.15) is 0 Å². The Morgan fingerprint density at radius 2 is 2.17 bits per heavy atom. The molecule has 4 nitrogen and oxygen atoms in total. The van der Waals surface area contributed by atoms with Gasteiger partial charge in [-0.15, -0.1) is 10.2 Å². The first-order chi connectivity index (χ1) is 8.37. The number of aromatic nitrogens is 3. The standard InChI is InChI=1S/C14H26N4/c1-10-6-12(8-14(3,4)7-10)16-11(2)13-17-15-9-18(13)5/h9-12,16H,6-8H2,1-5H3. The lowest BCUT2D eigenvalue weighted by Gasteiger charge is -2.40. The zero-order valence-electron chi connectivity index (χ0n) is 12.3. The molecule has 4 heteroatoms. The molecule has 1 aliphatic carbocycles. The first-order valence-corrected chi connectivity index (χ1v) is 6.97. The lowest BCUT2D eigenvalue weighted by atomic mass is 9.70. The summed E-state index contributed by atoms with van der Waals surface area (Å²) in [5, 5.41) is 11.9. The summed E-state index contributed by atoms with van der Waals surface area (Å²) in [5.74, 6) is 1.82. The van der Waals surface area contributed by atoms with Gasteiger partial charge in [0.25, 0.3) is 0 Å². The van der Waals surface area contributed by atoms with Crippen LogP contribution in [0.15, 0.2) is 6.33 Å². The monoisotopic (exact) mass is 250 g/mol. The van der Waals surface area contributed by atoms with Crippen molar-refractivity contribution in [2.24, 2.45) is 18.4 Å². The summed E-state index contributed by atoms with van der Waals surface area (Å²) in [6, 6.07) is 0.860. The molecule has 1 aromatic rings. The third-order valence-corrected chi connectivity index (χ3v) is 4.01. The van der Waals surface area contributed by atoms with E-state index in [1.54, 1.807) is 6.33 Å². The van der Waals surface area contributed by atoms with Crippen LogP contribution < -0.4 is 5.32 Å².